The maximum Gasteiger partial charge on any atom is 0.260 e. The Morgan fingerprint density at radius 2 is 1.95 bits per heavy atom. The van der Waals surface area contributed by atoms with E-state index in [1.165, 1.54) is 0 Å². The maximum atomic E-state index is 12.0. The molecule has 1 aliphatic heterocycles. The fraction of sp³-hybridized carbons (Fsp3) is 0.500. The van der Waals surface area contributed by atoms with Gasteiger partial charge in [-0.25, -0.2) is 0 Å². The van der Waals surface area contributed by atoms with Gasteiger partial charge in [0.1, 0.15) is 0 Å². The number of ether oxygens (including phenoxy) is 2. The third kappa shape index (κ3) is 3.61. The number of piperidine rings is 1. The minimum atomic E-state index is -0.279. The van der Waals surface area contributed by atoms with E-state index in [4.69, 9.17) is 9.47 Å². The van der Waals surface area contributed by atoms with Crippen LogP contribution in [0, 0.1) is 0 Å². The number of aliphatic hydroxyl groups is 1. The molecule has 1 aromatic rings. The highest BCUT2D eigenvalue weighted by atomic mass is 16.5. The van der Waals surface area contributed by atoms with Crippen molar-refractivity contribution in [2.75, 3.05) is 26.8 Å². The zero-order chi connectivity index (χ0) is 13.7. The summed E-state index contributed by atoms with van der Waals surface area (Å²) in [5.41, 5.74) is 0. The van der Waals surface area contributed by atoms with Crippen LogP contribution in [0.3, 0.4) is 0 Å². The van der Waals surface area contributed by atoms with E-state index in [1.807, 2.05) is 12.1 Å². The van der Waals surface area contributed by atoms with Gasteiger partial charge in [-0.2, -0.15) is 0 Å². The van der Waals surface area contributed by atoms with Crippen molar-refractivity contribution in [3.8, 4) is 11.5 Å². The molecule has 0 atom stereocenters. The normalized spacial score (nSPS) is 16.2. The molecule has 5 heteroatoms. The van der Waals surface area contributed by atoms with E-state index in [0.29, 0.717) is 37.4 Å². The summed E-state index contributed by atoms with van der Waals surface area (Å²) in [5, 5.41) is 9.40. The Hall–Kier alpha value is -1.75. The fourth-order valence-corrected chi connectivity index (χ4v) is 2.08. The van der Waals surface area contributed by atoms with E-state index in [2.05, 4.69) is 0 Å². The van der Waals surface area contributed by atoms with E-state index < -0.39 is 0 Å². The van der Waals surface area contributed by atoms with Crippen LogP contribution in [0.25, 0.3) is 0 Å². The SMILES string of the molecule is COc1ccccc1OCC(=O)N1CCC(O)CC1. The summed E-state index contributed by atoms with van der Waals surface area (Å²) in [7, 11) is 1.57. The number of likely N-dealkylation sites (tertiary alicyclic amines) is 1. The van der Waals surface area contributed by atoms with Crippen LogP contribution in [0.2, 0.25) is 0 Å². The molecule has 1 saturated heterocycles. The second-order valence-electron chi connectivity index (χ2n) is 4.55. The van der Waals surface area contributed by atoms with Gasteiger partial charge in [0.25, 0.3) is 5.91 Å². The van der Waals surface area contributed by atoms with Crippen LogP contribution >= 0.6 is 0 Å². The van der Waals surface area contributed by atoms with Crippen LogP contribution in [-0.2, 0) is 4.79 Å². The van der Waals surface area contributed by atoms with Crippen LogP contribution in [0.15, 0.2) is 24.3 Å². The van der Waals surface area contributed by atoms with Crippen LogP contribution < -0.4 is 9.47 Å². The quantitative estimate of drug-likeness (QED) is 0.884. The first-order chi connectivity index (χ1) is 9.20. The molecule has 5 nitrogen and oxygen atoms in total. The zero-order valence-corrected chi connectivity index (χ0v) is 11.0. The lowest BCUT2D eigenvalue weighted by atomic mass is 10.1. The van der Waals surface area contributed by atoms with Crippen molar-refractivity contribution in [1.29, 1.82) is 0 Å². The molecule has 1 aliphatic rings. The number of nitrogens with zero attached hydrogens (tertiary/aromatic N) is 1. The Bertz CT molecular complexity index is 427. The molecule has 19 heavy (non-hydrogen) atoms. The van der Waals surface area contributed by atoms with Crippen molar-refractivity contribution >= 4 is 5.91 Å². The summed E-state index contributed by atoms with van der Waals surface area (Å²) in [5.74, 6) is 1.12. The maximum absolute atomic E-state index is 12.0. The van der Waals surface area contributed by atoms with Crippen LogP contribution in [0.5, 0.6) is 11.5 Å². The molecule has 0 aliphatic carbocycles. The number of hydrogen-bond acceptors (Lipinski definition) is 4. The largest absolute Gasteiger partial charge is 0.493 e. The molecule has 1 fully saturated rings. The molecule has 104 valence electrons. The van der Waals surface area contributed by atoms with Crippen LogP contribution in [0.1, 0.15) is 12.8 Å². The van der Waals surface area contributed by atoms with Crippen molar-refractivity contribution in [2.24, 2.45) is 0 Å². The average Bonchev–Trinajstić information content (AvgIpc) is 2.45. The molecular formula is C14H19NO4. The number of aliphatic hydroxyl groups excluding tert-OH is 1. The lowest BCUT2D eigenvalue weighted by Gasteiger charge is -2.29. The number of para-hydroxylation sites is 2. The van der Waals surface area contributed by atoms with E-state index >= 15 is 0 Å². The number of carbonyl (C=O) groups is 1. The molecule has 0 spiro atoms. The summed E-state index contributed by atoms with van der Waals surface area (Å²) in [6.07, 6.45) is 1.00. The second kappa shape index (κ2) is 6.43. The predicted molar refractivity (Wildman–Crippen MR) is 70.3 cm³/mol. The van der Waals surface area contributed by atoms with Gasteiger partial charge in [-0.05, 0) is 25.0 Å². The number of hydrogen-bond donors (Lipinski definition) is 1. The van der Waals surface area contributed by atoms with Gasteiger partial charge in [-0.1, -0.05) is 12.1 Å². The topological polar surface area (TPSA) is 59.0 Å². The molecule has 0 bridgehead atoms. The summed E-state index contributed by atoms with van der Waals surface area (Å²) in [6.45, 7) is 1.18. The Labute approximate surface area is 112 Å². The number of rotatable bonds is 4. The molecule has 2 rings (SSSR count). The minimum Gasteiger partial charge on any atom is -0.493 e. The first-order valence-electron chi connectivity index (χ1n) is 6.42. The van der Waals surface area contributed by atoms with Crippen molar-refractivity contribution in [3.63, 3.8) is 0 Å². The van der Waals surface area contributed by atoms with Gasteiger partial charge in [0.15, 0.2) is 18.1 Å². The molecule has 0 aromatic heterocycles. The van der Waals surface area contributed by atoms with E-state index in [1.54, 1.807) is 24.1 Å². The highest BCUT2D eigenvalue weighted by molar-refractivity contribution is 5.78. The molecule has 1 amide bonds. The van der Waals surface area contributed by atoms with Crippen LogP contribution in [0.4, 0.5) is 0 Å². The van der Waals surface area contributed by atoms with Crippen molar-refractivity contribution < 1.29 is 19.4 Å². The summed E-state index contributed by atoms with van der Waals surface area (Å²) in [6, 6.07) is 7.24. The minimum absolute atomic E-state index is 0.00350. The molecule has 0 radical (unpaired) electrons. The predicted octanol–water partition coefficient (Wildman–Crippen LogP) is 1.06. The Morgan fingerprint density at radius 1 is 1.32 bits per heavy atom. The third-order valence-electron chi connectivity index (χ3n) is 3.24. The molecule has 1 aromatic carbocycles. The summed E-state index contributed by atoms with van der Waals surface area (Å²) in [4.78, 5) is 13.7. The third-order valence-corrected chi connectivity index (χ3v) is 3.24. The average molecular weight is 265 g/mol. The van der Waals surface area contributed by atoms with Crippen molar-refractivity contribution in [3.05, 3.63) is 24.3 Å². The highest BCUT2D eigenvalue weighted by Gasteiger charge is 2.21. The van der Waals surface area contributed by atoms with Gasteiger partial charge in [0.05, 0.1) is 13.2 Å². The molecule has 1 N–H and O–H groups in total. The second-order valence-corrected chi connectivity index (χ2v) is 4.55. The molecular weight excluding hydrogens is 246 g/mol. The monoisotopic (exact) mass is 265 g/mol. The first-order valence-corrected chi connectivity index (χ1v) is 6.42. The van der Waals surface area contributed by atoms with Gasteiger partial charge in [0, 0.05) is 13.1 Å². The van der Waals surface area contributed by atoms with Gasteiger partial charge in [-0.3, -0.25) is 4.79 Å². The molecule has 0 saturated carbocycles. The summed E-state index contributed by atoms with van der Waals surface area (Å²) >= 11 is 0. The molecule has 0 unspecified atom stereocenters. The number of amides is 1. The van der Waals surface area contributed by atoms with E-state index in [0.717, 1.165) is 0 Å². The zero-order valence-electron chi connectivity index (χ0n) is 11.0. The van der Waals surface area contributed by atoms with Crippen molar-refractivity contribution in [2.45, 2.75) is 18.9 Å². The summed E-state index contributed by atoms with van der Waals surface area (Å²) < 4.78 is 10.6. The van der Waals surface area contributed by atoms with E-state index in [-0.39, 0.29) is 18.6 Å². The fourth-order valence-electron chi connectivity index (χ4n) is 2.08. The lowest BCUT2D eigenvalue weighted by Crippen LogP contribution is -2.42. The Balaban J connectivity index is 1.86. The Morgan fingerprint density at radius 3 is 2.58 bits per heavy atom. The molecule has 1 heterocycles. The standard InChI is InChI=1S/C14H19NO4/c1-18-12-4-2-3-5-13(12)19-10-14(17)15-8-6-11(16)7-9-15/h2-5,11,16H,6-10H2,1H3. The number of carbonyl (C=O) groups excluding carboxylic acids is 1. The number of benzene rings is 1. The van der Waals surface area contributed by atoms with Gasteiger partial charge < -0.3 is 19.5 Å². The number of methoxy groups -OCH3 is 1. The smallest absolute Gasteiger partial charge is 0.260 e. The van der Waals surface area contributed by atoms with E-state index in [9.17, 15) is 9.90 Å². The van der Waals surface area contributed by atoms with Crippen LogP contribution in [-0.4, -0.2) is 48.8 Å². The highest BCUT2D eigenvalue weighted by Crippen LogP contribution is 2.25. The first kappa shape index (κ1) is 13.7. The van der Waals surface area contributed by atoms with Gasteiger partial charge in [0.2, 0.25) is 0 Å². The lowest BCUT2D eigenvalue weighted by molar-refractivity contribution is -0.135. The Kier molecular flexibility index (Phi) is 4.63. The van der Waals surface area contributed by atoms with Gasteiger partial charge in [-0.15, -0.1) is 0 Å². The van der Waals surface area contributed by atoms with Crippen molar-refractivity contribution in [1.82, 2.24) is 4.90 Å². The van der Waals surface area contributed by atoms with Gasteiger partial charge >= 0.3 is 0 Å².